The predicted molar refractivity (Wildman–Crippen MR) is 89.3 cm³/mol. The number of carboxylic acid groups (broad SMARTS) is 1. The number of rotatable bonds is 7. The van der Waals surface area contributed by atoms with Gasteiger partial charge in [0.2, 0.25) is 11.8 Å². The summed E-state index contributed by atoms with van der Waals surface area (Å²) < 4.78 is 0. The minimum Gasteiger partial charge on any atom is -0.481 e. The quantitative estimate of drug-likeness (QED) is 0.791. The zero-order valence-corrected chi connectivity index (χ0v) is 13.9. The molecular weight excluding hydrogens is 308 g/mol. The molecule has 2 rings (SSSR count). The lowest BCUT2D eigenvalue weighted by Crippen LogP contribution is -2.45. The van der Waals surface area contributed by atoms with E-state index in [1.165, 1.54) is 0 Å². The third kappa shape index (κ3) is 5.37. The summed E-state index contributed by atoms with van der Waals surface area (Å²) in [4.78, 5) is 36.7. The van der Waals surface area contributed by atoms with Crippen LogP contribution in [0.3, 0.4) is 0 Å². The number of nitrogens with zero attached hydrogens (tertiary/aromatic N) is 1. The number of carboxylic acids is 1. The van der Waals surface area contributed by atoms with Crippen molar-refractivity contribution in [1.82, 2.24) is 10.2 Å². The molecule has 2 N–H and O–H groups in total. The molecule has 6 heteroatoms. The van der Waals surface area contributed by atoms with E-state index in [0.29, 0.717) is 25.8 Å². The van der Waals surface area contributed by atoms with Crippen LogP contribution in [0.25, 0.3) is 0 Å². The van der Waals surface area contributed by atoms with E-state index in [1.807, 2.05) is 30.3 Å². The van der Waals surface area contributed by atoms with E-state index in [9.17, 15) is 14.4 Å². The summed E-state index contributed by atoms with van der Waals surface area (Å²) in [5, 5.41) is 11.9. The van der Waals surface area contributed by atoms with Crippen molar-refractivity contribution < 1.29 is 19.5 Å². The zero-order valence-electron chi connectivity index (χ0n) is 13.9. The topological polar surface area (TPSA) is 86.7 Å². The molecule has 1 aliphatic rings. The highest BCUT2D eigenvalue weighted by atomic mass is 16.4. The van der Waals surface area contributed by atoms with Crippen LogP contribution in [-0.4, -0.2) is 47.4 Å². The first-order valence-electron chi connectivity index (χ1n) is 8.25. The highest BCUT2D eigenvalue weighted by Crippen LogP contribution is 2.18. The van der Waals surface area contributed by atoms with Crippen LogP contribution in [0.4, 0.5) is 0 Å². The molecule has 0 saturated carbocycles. The predicted octanol–water partition coefficient (Wildman–Crippen LogP) is 1.45. The molecule has 0 spiro atoms. The molecule has 2 atom stereocenters. The smallest absolute Gasteiger partial charge is 0.303 e. The van der Waals surface area contributed by atoms with Gasteiger partial charge in [-0.3, -0.25) is 14.4 Å². The first kappa shape index (κ1) is 18.0. The zero-order chi connectivity index (χ0) is 17.5. The van der Waals surface area contributed by atoms with Gasteiger partial charge in [0.25, 0.3) is 0 Å². The SMILES string of the molecule is CN1CCC(C(=O)NC(CCC(=O)O)Cc2ccccc2)CC1=O. The molecule has 1 saturated heterocycles. The van der Waals surface area contributed by atoms with E-state index in [4.69, 9.17) is 5.11 Å². The van der Waals surface area contributed by atoms with Crippen molar-refractivity contribution in [3.63, 3.8) is 0 Å². The van der Waals surface area contributed by atoms with E-state index in [-0.39, 0.29) is 36.6 Å². The maximum absolute atomic E-state index is 12.5. The molecule has 0 radical (unpaired) electrons. The van der Waals surface area contributed by atoms with Gasteiger partial charge in [0.05, 0.1) is 0 Å². The molecule has 1 fully saturated rings. The molecule has 1 aliphatic heterocycles. The first-order valence-corrected chi connectivity index (χ1v) is 8.25. The van der Waals surface area contributed by atoms with Gasteiger partial charge in [0.15, 0.2) is 0 Å². The van der Waals surface area contributed by atoms with Crippen LogP contribution in [0.2, 0.25) is 0 Å². The van der Waals surface area contributed by atoms with E-state index < -0.39 is 5.97 Å². The molecule has 1 aromatic rings. The summed E-state index contributed by atoms with van der Waals surface area (Å²) in [5.74, 6) is -1.37. The number of nitrogens with one attached hydrogen (secondary N) is 1. The van der Waals surface area contributed by atoms with Gasteiger partial charge in [0, 0.05) is 38.4 Å². The molecule has 1 aromatic carbocycles. The first-order chi connectivity index (χ1) is 11.5. The average molecular weight is 332 g/mol. The van der Waals surface area contributed by atoms with Crippen molar-refractivity contribution in [2.75, 3.05) is 13.6 Å². The molecule has 1 heterocycles. The molecule has 0 aromatic heterocycles. The Morgan fingerprint density at radius 1 is 1.33 bits per heavy atom. The second-order valence-corrected chi connectivity index (χ2v) is 6.33. The second kappa shape index (κ2) is 8.47. The fourth-order valence-corrected chi connectivity index (χ4v) is 2.91. The third-order valence-electron chi connectivity index (χ3n) is 4.41. The van der Waals surface area contributed by atoms with Crippen molar-refractivity contribution in [3.05, 3.63) is 35.9 Å². The number of piperidine rings is 1. The Morgan fingerprint density at radius 3 is 2.67 bits per heavy atom. The van der Waals surface area contributed by atoms with Crippen LogP contribution in [0.15, 0.2) is 30.3 Å². The Kier molecular flexibility index (Phi) is 6.35. The van der Waals surface area contributed by atoms with E-state index in [1.54, 1.807) is 11.9 Å². The number of benzene rings is 1. The van der Waals surface area contributed by atoms with E-state index >= 15 is 0 Å². The number of amides is 2. The normalized spacial score (nSPS) is 19.0. The van der Waals surface area contributed by atoms with Crippen molar-refractivity contribution in [3.8, 4) is 0 Å². The van der Waals surface area contributed by atoms with Gasteiger partial charge in [-0.15, -0.1) is 0 Å². The highest BCUT2D eigenvalue weighted by molar-refractivity contribution is 5.87. The number of likely N-dealkylation sites (tertiary alicyclic amines) is 1. The maximum atomic E-state index is 12.5. The van der Waals surface area contributed by atoms with Crippen molar-refractivity contribution in [1.29, 1.82) is 0 Å². The summed E-state index contributed by atoms with van der Waals surface area (Å²) in [6.07, 6.45) is 1.82. The van der Waals surface area contributed by atoms with E-state index in [2.05, 4.69) is 5.32 Å². The molecule has 130 valence electrons. The van der Waals surface area contributed by atoms with Gasteiger partial charge in [-0.25, -0.2) is 0 Å². The minimum absolute atomic E-state index is 0.00408. The Hall–Kier alpha value is -2.37. The molecule has 24 heavy (non-hydrogen) atoms. The van der Waals surface area contributed by atoms with Crippen LogP contribution >= 0.6 is 0 Å². The molecule has 0 bridgehead atoms. The Morgan fingerprint density at radius 2 is 2.04 bits per heavy atom. The lowest BCUT2D eigenvalue weighted by Gasteiger charge is -2.29. The van der Waals surface area contributed by atoms with Crippen molar-refractivity contribution >= 4 is 17.8 Å². The van der Waals surface area contributed by atoms with Crippen molar-refractivity contribution in [2.24, 2.45) is 5.92 Å². The summed E-state index contributed by atoms with van der Waals surface area (Å²) in [6.45, 7) is 0.579. The lowest BCUT2D eigenvalue weighted by atomic mass is 9.94. The van der Waals surface area contributed by atoms with Gasteiger partial charge >= 0.3 is 5.97 Å². The molecule has 2 unspecified atom stereocenters. The Bertz CT molecular complexity index is 588. The Balaban J connectivity index is 1.97. The number of carbonyl (C=O) groups is 3. The van der Waals surface area contributed by atoms with Gasteiger partial charge in [0.1, 0.15) is 0 Å². The molecular formula is C18H24N2O4. The Labute approximate surface area is 141 Å². The average Bonchev–Trinajstić information content (AvgIpc) is 2.56. The second-order valence-electron chi connectivity index (χ2n) is 6.33. The van der Waals surface area contributed by atoms with Crippen molar-refractivity contribution in [2.45, 2.75) is 38.1 Å². The van der Waals surface area contributed by atoms with Crippen LogP contribution in [-0.2, 0) is 20.8 Å². The maximum Gasteiger partial charge on any atom is 0.303 e. The number of hydrogen-bond acceptors (Lipinski definition) is 3. The number of aliphatic carboxylic acids is 1. The fraction of sp³-hybridized carbons (Fsp3) is 0.500. The molecule has 6 nitrogen and oxygen atoms in total. The molecule has 2 amide bonds. The number of hydrogen-bond donors (Lipinski definition) is 2. The highest BCUT2D eigenvalue weighted by Gasteiger charge is 2.29. The summed E-state index contributed by atoms with van der Waals surface area (Å²) >= 11 is 0. The lowest BCUT2D eigenvalue weighted by molar-refractivity contribution is -0.139. The minimum atomic E-state index is -0.878. The fourth-order valence-electron chi connectivity index (χ4n) is 2.91. The summed E-state index contributed by atoms with van der Waals surface area (Å²) in [7, 11) is 1.74. The molecule has 0 aliphatic carbocycles. The van der Waals surface area contributed by atoms with Gasteiger partial charge in [-0.1, -0.05) is 30.3 Å². The summed E-state index contributed by atoms with van der Waals surface area (Å²) in [6, 6.07) is 9.42. The standard InChI is InChI=1S/C18H24N2O4/c1-20-10-9-14(12-16(20)21)18(24)19-15(7-8-17(22)23)11-13-5-3-2-4-6-13/h2-6,14-15H,7-12H2,1H3,(H,19,24)(H,22,23). The van der Waals surface area contributed by atoms with Crippen LogP contribution in [0, 0.1) is 5.92 Å². The van der Waals surface area contributed by atoms with Crippen LogP contribution in [0.5, 0.6) is 0 Å². The largest absolute Gasteiger partial charge is 0.481 e. The van der Waals surface area contributed by atoms with E-state index in [0.717, 1.165) is 5.56 Å². The van der Waals surface area contributed by atoms with Crippen LogP contribution in [0.1, 0.15) is 31.2 Å². The number of carbonyl (C=O) groups excluding carboxylic acids is 2. The van der Waals surface area contributed by atoms with Gasteiger partial charge in [-0.05, 0) is 24.8 Å². The van der Waals surface area contributed by atoms with Crippen LogP contribution < -0.4 is 5.32 Å². The summed E-state index contributed by atoms with van der Waals surface area (Å²) in [5.41, 5.74) is 1.05. The monoisotopic (exact) mass is 332 g/mol. The van der Waals surface area contributed by atoms with Gasteiger partial charge < -0.3 is 15.3 Å². The van der Waals surface area contributed by atoms with Gasteiger partial charge in [-0.2, -0.15) is 0 Å². The third-order valence-corrected chi connectivity index (χ3v) is 4.41.